The minimum absolute atomic E-state index is 0.0907. The molecule has 0 spiro atoms. The van der Waals surface area contributed by atoms with Gasteiger partial charge in [-0.3, -0.25) is 0 Å². The van der Waals surface area contributed by atoms with E-state index in [1.165, 1.54) is 4.90 Å². The van der Waals surface area contributed by atoms with E-state index in [9.17, 15) is 0 Å². The Bertz CT molecular complexity index is 599. The first kappa shape index (κ1) is 14.5. The Hall–Kier alpha value is -1.46. The summed E-state index contributed by atoms with van der Waals surface area (Å²) in [5.41, 5.74) is 0. The van der Waals surface area contributed by atoms with Gasteiger partial charge in [0, 0.05) is 29.6 Å². The van der Waals surface area contributed by atoms with Crippen LogP contribution in [0, 0.1) is 0 Å². The molecule has 2 unspecified atom stereocenters. The van der Waals surface area contributed by atoms with E-state index in [0.717, 1.165) is 30.3 Å². The summed E-state index contributed by atoms with van der Waals surface area (Å²) in [6, 6.07) is 8.34. The van der Waals surface area contributed by atoms with Crippen molar-refractivity contribution >= 4 is 11.8 Å². The van der Waals surface area contributed by atoms with Crippen molar-refractivity contribution in [3.05, 3.63) is 42.5 Å². The van der Waals surface area contributed by atoms with Crippen LogP contribution in [0.25, 0.3) is 0 Å². The SMILES string of the molecule is CCCn1ccnc1C(NC)C1CSc2ccccc2O1. The first-order valence-electron chi connectivity index (χ1n) is 7.40. The Morgan fingerprint density at radius 2 is 2.33 bits per heavy atom. The highest BCUT2D eigenvalue weighted by atomic mass is 32.2. The lowest BCUT2D eigenvalue weighted by Gasteiger charge is -2.31. The predicted octanol–water partition coefficient (Wildman–Crippen LogP) is 3.11. The number of para-hydroxylation sites is 1. The first-order valence-corrected chi connectivity index (χ1v) is 8.38. The number of aromatic nitrogens is 2. The number of hydrogen-bond donors (Lipinski definition) is 1. The molecule has 1 aliphatic heterocycles. The zero-order valence-electron chi connectivity index (χ0n) is 12.5. The van der Waals surface area contributed by atoms with Crippen molar-refractivity contribution in [3.8, 4) is 5.75 Å². The van der Waals surface area contributed by atoms with Crippen LogP contribution in [0.2, 0.25) is 0 Å². The van der Waals surface area contributed by atoms with E-state index in [-0.39, 0.29) is 12.1 Å². The number of nitrogens with zero attached hydrogens (tertiary/aromatic N) is 2. The Morgan fingerprint density at radius 1 is 1.48 bits per heavy atom. The molecule has 4 nitrogen and oxygen atoms in total. The van der Waals surface area contributed by atoms with Gasteiger partial charge in [-0.2, -0.15) is 0 Å². The zero-order valence-corrected chi connectivity index (χ0v) is 13.3. The molecule has 0 bridgehead atoms. The number of imidazole rings is 1. The lowest BCUT2D eigenvalue weighted by molar-refractivity contribution is 0.164. The Kier molecular flexibility index (Phi) is 4.51. The van der Waals surface area contributed by atoms with Crippen molar-refractivity contribution in [1.82, 2.24) is 14.9 Å². The number of aryl methyl sites for hydroxylation is 1. The van der Waals surface area contributed by atoms with Gasteiger partial charge in [0.2, 0.25) is 0 Å². The molecule has 0 saturated carbocycles. The highest BCUT2D eigenvalue weighted by molar-refractivity contribution is 7.99. The molecule has 0 aliphatic carbocycles. The third kappa shape index (κ3) is 2.94. The summed E-state index contributed by atoms with van der Waals surface area (Å²) in [4.78, 5) is 5.77. The van der Waals surface area contributed by atoms with E-state index < -0.39 is 0 Å². The molecule has 2 aromatic rings. The quantitative estimate of drug-likeness (QED) is 0.921. The van der Waals surface area contributed by atoms with Crippen LogP contribution >= 0.6 is 11.8 Å². The molecular formula is C16H21N3OS. The number of ether oxygens (including phenoxy) is 1. The fraction of sp³-hybridized carbons (Fsp3) is 0.438. The molecule has 0 saturated heterocycles. The number of thioether (sulfide) groups is 1. The zero-order chi connectivity index (χ0) is 14.7. The van der Waals surface area contributed by atoms with Gasteiger partial charge in [0.1, 0.15) is 23.7 Å². The van der Waals surface area contributed by atoms with Crippen LogP contribution in [0.1, 0.15) is 25.2 Å². The number of likely N-dealkylation sites (N-methyl/N-ethyl adjacent to an activating group) is 1. The van der Waals surface area contributed by atoms with Gasteiger partial charge in [-0.15, -0.1) is 11.8 Å². The number of benzene rings is 1. The molecule has 112 valence electrons. The average Bonchev–Trinajstić information content (AvgIpc) is 2.97. The van der Waals surface area contributed by atoms with Gasteiger partial charge in [-0.1, -0.05) is 19.1 Å². The number of hydrogen-bond acceptors (Lipinski definition) is 4. The molecule has 5 heteroatoms. The van der Waals surface area contributed by atoms with Gasteiger partial charge in [-0.05, 0) is 25.6 Å². The van der Waals surface area contributed by atoms with Crippen molar-refractivity contribution in [3.63, 3.8) is 0 Å². The van der Waals surface area contributed by atoms with Gasteiger partial charge in [-0.25, -0.2) is 4.98 Å². The summed E-state index contributed by atoms with van der Waals surface area (Å²) in [5.74, 6) is 2.97. The first-order chi connectivity index (χ1) is 10.3. The molecule has 0 fully saturated rings. The molecule has 1 aromatic heterocycles. The van der Waals surface area contributed by atoms with Gasteiger partial charge in [0.15, 0.2) is 0 Å². The van der Waals surface area contributed by atoms with Crippen LogP contribution in [0.3, 0.4) is 0 Å². The van der Waals surface area contributed by atoms with E-state index in [4.69, 9.17) is 4.74 Å². The van der Waals surface area contributed by atoms with Crippen LogP contribution in [-0.2, 0) is 6.54 Å². The molecular weight excluding hydrogens is 282 g/mol. The molecule has 3 rings (SSSR count). The molecule has 1 aliphatic rings. The topological polar surface area (TPSA) is 39.1 Å². The monoisotopic (exact) mass is 303 g/mol. The molecule has 1 aromatic carbocycles. The average molecular weight is 303 g/mol. The van der Waals surface area contributed by atoms with Crippen LogP contribution in [0.4, 0.5) is 0 Å². The lowest BCUT2D eigenvalue weighted by atomic mass is 10.1. The van der Waals surface area contributed by atoms with E-state index in [0.29, 0.717) is 0 Å². The predicted molar refractivity (Wildman–Crippen MR) is 85.9 cm³/mol. The summed E-state index contributed by atoms with van der Waals surface area (Å²) >= 11 is 1.85. The van der Waals surface area contributed by atoms with E-state index >= 15 is 0 Å². The fourth-order valence-corrected chi connectivity index (χ4v) is 3.75. The molecule has 2 atom stereocenters. The number of fused-ring (bicyclic) bond motifs is 1. The van der Waals surface area contributed by atoms with Gasteiger partial charge in [0.25, 0.3) is 0 Å². The Labute approximate surface area is 129 Å². The summed E-state index contributed by atoms with van der Waals surface area (Å²) in [6.45, 7) is 3.17. The van der Waals surface area contributed by atoms with Crippen LogP contribution < -0.4 is 10.1 Å². The molecule has 0 amide bonds. The number of nitrogens with one attached hydrogen (secondary N) is 1. The highest BCUT2D eigenvalue weighted by Crippen LogP contribution is 2.37. The lowest BCUT2D eigenvalue weighted by Crippen LogP contribution is -2.39. The van der Waals surface area contributed by atoms with E-state index in [1.807, 2.05) is 43.3 Å². The molecule has 21 heavy (non-hydrogen) atoms. The second-order valence-electron chi connectivity index (χ2n) is 5.16. The van der Waals surface area contributed by atoms with Gasteiger partial charge < -0.3 is 14.6 Å². The van der Waals surface area contributed by atoms with Gasteiger partial charge >= 0.3 is 0 Å². The number of rotatable bonds is 5. The molecule has 0 radical (unpaired) electrons. The summed E-state index contributed by atoms with van der Waals surface area (Å²) in [6.07, 6.45) is 5.11. The highest BCUT2D eigenvalue weighted by Gasteiger charge is 2.30. The molecule has 2 heterocycles. The second-order valence-corrected chi connectivity index (χ2v) is 6.22. The molecule has 1 N–H and O–H groups in total. The van der Waals surface area contributed by atoms with Gasteiger partial charge in [0.05, 0.1) is 0 Å². The van der Waals surface area contributed by atoms with Crippen molar-refractivity contribution in [2.45, 2.75) is 36.9 Å². The van der Waals surface area contributed by atoms with Crippen molar-refractivity contribution in [2.24, 2.45) is 0 Å². The Balaban J connectivity index is 1.83. The minimum Gasteiger partial charge on any atom is -0.486 e. The normalized spacial score (nSPS) is 18.9. The smallest absolute Gasteiger partial charge is 0.133 e. The fourth-order valence-electron chi connectivity index (χ4n) is 2.71. The van der Waals surface area contributed by atoms with Crippen LogP contribution in [-0.4, -0.2) is 28.5 Å². The van der Waals surface area contributed by atoms with Crippen molar-refractivity contribution in [1.29, 1.82) is 0 Å². The van der Waals surface area contributed by atoms with E-state index in [1.54, 1.807) is 0 Å². The van der Waals surface area contributed by atoms with Crippen LogP contribution in [0.5, 0.6) is 5.75 Å². The van der Waals surface area contributed by atoms with Crippen LogP contribution in [0.15, 0.2) is 41.6 Å². The second kappa shape index (κ2) is 6.54. The summed E-state index contributed by atoms with van der Waals surface area (Å²) < 4.78 is 8.42. The minimum atomic E-state index is 0.0907. The summed E-state index contributed by atoms with van der Waals surface area (Å²) in [5, 5.41) is 3.38. The maximum Gasteiger partial charge on any atom is 0.133 e. The standard InChI is InChI=1S/C16H21N3OS/c1-3-9-19-10-8-18-16(19)15(17-2)13-11-21-14-7-5-4-6-12(14)20-13/h4-8,10,13,15,17H,3,9,11H2,1-2H3. The third-order valence-corrected chi connectivity index (χ3v) is 4.85. The maximum atomic E-state index is 6.21. The summed E-state index contributed by atoms with van der Waals surface area (Å²) in [7, 11) is 1.98. The van der Waals surface area contributed by atoms with E-state index in [2.05, 4.69) is 33.9 Å². The largest absolute Gasteiger partial charge is 0.486 e. The third-order valence-electron chi connectivity index (χ3n) is 3.70. The van der Waals surface area contributed by atoms with Crippen molar-refractivity contribution in [2.75, 3.05) is 12.8 Å². The maximum absolute atomic E-state index is 6.21. The van der Waals surface area contributed by atoms with Crippen molar-refractivity contribution < 1.29 is 4.74 Å². The Morgan fingerprint density at radius 3 is 3.14 bits per heavy atom.